The van der Waals surface area contributed by atoms with Crippen molar-refractivity contribution in [3.05, 3.63) is 12.2 Å². The average Bonchev–Trinajstić information content (AvgIpc) is 2.84. The predicted octanol–water partition coefficient (Wildman–Crippen LogP) is 2.60. The van der Waals surface area contributed by atoms with E-state index < -0.39 is 0 Å². The Kier molecular flexibility index (Phi) is 4.08. The van der Waals surface area contributed by atoms with Crippen LogP contribution in [0.25, 0.3) is 0 Å². The lowest BCUT2D eigenvalue weighted by Gasteiger charge is -2.60. The number of likely N-dealkylation sites (N-methyl/N-ethyl adjacent to an activating group) is 1. The first-order valence-corrected chi connectivity index (χ1v) is 10.1. The van der Waals surface area contributed by atoms with E-state index >= 15 is 0 Å². The van der Waals surface area contributed by atoms with E-state index in [2.05, 4.69) is 19.9 Å². The van der Waals surface area contributed by atoms with Gasteiger partial charge >= 0.3 is 0 Å². The summed E-state index contributed by atoms with van der Waals surface area (Å²) in [6, 6.07) is 0.315. The highest BCUT2D eigenvalue weighted by Crippen LogP contribution is 2.65. The number of amides is 1. The largest absolute Gasteiger partial charge is 0.396 e. The van der Waals surface area contributed by atoms with Crippen LogP contribution < -0.4 is 0 Å². The third-order valence-electron chi connectivity index (χ3n) is 8.74. The van der Waals surface area contributed by atoms with Crippen molar-refractivity contribution in [2.24, 2.45) is 34.5 Å². The maximum absolute atomic E-state index is 12.1. The van der Waals surface area contributed by atoms with Crippen LogP contribution in [0.15, 0.2) is 12.2 Å². The molecule has 4 nitrogen and oxygen atoms in total. The molecule has 4 rings (SSSR count). The molecule has 0 bridgehead atoms. The van der Waals surface area contributed by atoms with Crippen LogP contribution in [0.2, 0.25) is 0 Å². The molecule has 0 spiro atoms. The smallest absolute Gasteiger partial charge is 0.246 e. The SMILES string of the molecule is CN1C(=O)C=C[C@@]2(C)C1CC[C@@H]1[C@H]2CC[C@]2(C)C(O)C(CCO)C[C@@H]12. The molecule has 140 valence electrons. The van der Waals surface area contributed by atoms with Crippen molar-refractivity contribution in [3.63, 3.8) is 0 Å². The Bertz CT molecular complexity index is 590. The molecule has 0 saturated heterocycles. The summed E-state index contributed by atoms with van der Waals surface area (Å²) in [5.74, 6) is 2.16. The van der Waals surface area contributed by atoms with Gasteiger partial charge in [-0.2, -0.15) is 0 Å². The number of hydrogen-bond acceptors (Lipinski definition) is 3. The molecule has 4 aliphatic rings. The molecule has 3 unspecified atom stereocenters. The second-order valence-corrected chi connectivity index (χ2v) is 9.62. The minimum Gasteiger partial charge on any atom is -0.396 e. The molecular formula is C21H33NO3. The number of carbonyl (C=O) groups is 1. The number of aliphatic hydroxyl groups is 2. The molecule has 3 aliphatic carbocycles. The number of fused-ring (bicyclic) bond motifs is 5. The molecule has 0 aromatic carbocycles. The Balaban J connectivity index is 1.65. The molecule has 1 aliphatic heterocycles. The molecule has 3 fully saturated rings. The summed E-state index contributed by atoms with van der Waals surface area (Å²) in [6.45, 7) is 4.82. The number of carbonyl (C=O) groups excluding carboxylic acids is 1. The lowest BCUT2D eigenvalue weighted by atomic mass is 9.48. The van der Waals surface area contributed by atoms with Gasteiger partial charge in [0.05, 0.1) is 6.10 Å². The first kappa shape index (κ1) is 17.5. The van der Waals surface area contributed by atoms with Crippen LogP contribution in [-0.2, 0) is 4.79 Å². The second kappa shape index (κ2) is 5.82. The third kappa shape index (κ3) is 2.29. The van der Waals surface area contributed by atoms with Crippen molar-refractivity contribution in [3.8, 4) is 0 Å². The van der Waals surface area contributed by atoms with Crippen molar-refractivity contribution >= 4 is 5.91 Å². The van der Waals surface area contributed by atoms with Crippen LogP contribution in [0, 0.1) is 34.5 Å². The second-order valence-electron chi connectivity index (χ2n) is 9.62. The van der Waals surface area contributed by atoms with Crippen molar-refractivity contribution < 1.29 is 15.0 Å². The maximum atomic E-state index is 12.1. The molecule has 3 saturated carbocycles. The van der Waals surface area contributed by atoms with Gasteiger partial charge in [-0.1, -0.05) is 19.9 Å². The number of nitrogens with zero attached hydrogens (tertiary/aromatic N) is 1. The Morgan fingerprint density at radius 1 is 1.24 bits per heavy atom. The Morgan fingerprint density at radius 2 is 2.00 bits per heavy atom. The third-order valence-corrected chi connectivity index (χ3v) is 8.74. The van der Waals surface area contributed by atoms with Crippen molar-refractivity contribution in [2.75, 3.05) is 13.7 Å². The number of hydrogen-bond donors (Lipinski definition) is 2. The van der Waals surface area contributed by atoms with E-state index in [4.69, 9.17) is 0 Å². The van der Waals surface area contributed by atoms with E-state index in [0.29, 0.717) is 23.8 Å². The molecule has 8 atom stereocenters. The van der Waals surface area contributed by atoms with Gasteiger partial charge in [0.2, 0.25) is 5.91 Å². The monoisotopic (exact) mass is 347 g/mol. The van der Waals surface area contributed by atoms with E-state index in [9.17, 15) is 15.0 Å². The molecule has 1 amide bonds. The predicted molar refractivity (Wildman–Crippen MR) is 96.7 cm³/mol. The van der Waals surface area contributed by atoms with Gasteiger partial charge in [-0.05, 0) is 73.7 Å². The van der Waals surface area contributed by atoms with Gasteiger partial charge in [0.25, 0.3) is 0 Å². The minimum atomic E-state index is -0.276. The van der Waals surface area contributed by atoms with Crippen molar-refractivity contribution in [1.29, 1.82) is 0 Å². The standard InChI is InChI=1S/C21H33NO3/c1-20-10-7-18(24)22(3)17(20)5-4-14-15(20)6-9-21(2)16(14)12-13(8-11-23)19(21)25/h7,10,13-17,19,23,25H,4-6,8-9,11-12H2,1-3H3/t13?,14-,15-,16+,17?,19?,20-,21+/m1/s1. The van der Waals surface area contributed by atoms with E-state index in [1.807, 2.05) is 11.9 Å². The highest BCUT2D eigenvalue weighted by molar-refractivity contribution is 5.89. The molecule has 25 heavy (non-hydrogen) atoms. The van der Waals surface area contributed by atoms with Gasteiger partial charge in [0.15, 0.2) is 0 Å². The molecule has 0 aromatic rings. The Labute approximate surface area is 151 Å². The van der Waals surface area contributed by atoms with Gasteiger partial charge in [-0.3, -0.25) is 4.79 Å². The van der Waals surface area contributed by atoms with E-state index in [-0.39, 0.29) is 35.4 Å². The Morgan fingerprint density at radius 3 is 2.72 bits per heavy atom. The Hall–Kier alpha value is -0.870. The van der Waals surface area contributed by atoms with Crippen LogP contribution in [0.1, 0.15) is 52.4 Å². The average molecular weight is 347 g/mol. The molecule has 4 heteroatoms. The fraction of sp³-hybridized carbons (Fsp3) is 0.857. The molecule has 0 aromatic heterocycles. The van der Waals surface area contributed by atoms with Crippen LogP contribution >= 0.6 is 0 Å². The molecule has 2 N–H and O–H groups in total. The van der Waals surface area contributed by atoms with Gasteiger partial charge < -0.3 is 15.1 Å². The van der Waals surface area contributed by atoms with E-state index in [1.165, 1.54) is 0 Å². The highest BCUT2D eigenvalue weighted by atomic mass is 16.3. The normalized spacial score (nSPS) is 51.9. The summed E-state index contributed by atoms with van der Waals surface area (Å²) in [5.41, 5.74) is 0.0667. The van der Waals surface area contributed by atoms with Crippen LogP contribution in [0.5, 0.6) is 0 Å². The zero-order valence-electron chi connectivity index (χ0n) is 15.8. The number of rotatable bonds is 2. The molecule has 0 radical (unpaired) electrons. The first-order valence-electron chi connectivity index (χ1n) is 10.1. The lowest BCUT2D eigenvalue weighted by molar-refractivity contribution is -0.140. The van der Waals surface area contributed by atoms with Crippen LogP contribution in [0.4, 0.5) is 0 Å². The summed E-state index contributed by atoms with van der Waals surface area (Å²) >= 11 is 0. The van der Waals surface area contributed by atoms with Crippen LogP contribution in [-0.4, -0.2) is 46.8 Å². The van der Waals surface area contributed by atoms with E-state index in [0.717, 1.165) is 38.5 Å². The lowest BCUT2D eigenvalue weighted by Crippen LogP contribution is -2.59. The van der Waals surface area contributed by atoms with Crippen molar-refractivity contribution in [2.45, 2.75) is 64.5 Å². The summed E-state index contributed by atoms with van der Waals surface area (Å²) in [6.07, 6.45) is 9.92. The van der Waals surface area contributed by atoms with Gasteiger partial charge in [-0.25, -0.2) is 0 Å². The quantitative estimate of drug-likeness (QED) is 0.807. The molecule has 1 heterocycles. The minimum absolute atomic E-state index is 0.00427. The summed E-state index contributed by atoms with van der Waals surface area (Å²) < 4.78 is 0. The topological polar surface area (TPSA) is 60.8 Å². The molecular weight excluding hydrogens is 314 g/mol. The number of aliphatic hydroxyl groups excluding tert-OH is 2. The fourth-order valence-electron chi connectivity index (χ4n) is 7.33. The summed E-state index contributed by atoms with van der Waals surface area (Å²) in [7, 11) is 1.96. The van der Waals surface area contributed by atoms with Crippen LogP contribution in [0.3, 0.4) is 0 Å². The fourth-order valence-corrected chi connectivity index (χ4v) is 7.33. The maximum Gasteiger partial charge on any atom is 0.246 e. The highest BCUT2D eigenvalue weighted by Gasteiger charge is 2.62. The zero-order chi connectivity index (χ0) is 18.0. The van der Waals surface area contributed by atoms with Gasteiger partial charge in [-0.15, -0.1) is 0 Å². The summed E-state index contributed by atoms with van der Waals surface area (Å²) in [4.78, 5) is 14.1. The van der Waals surface area contributed by atoms with Gasteiger partial charge in [0.1, 0.15) is 0 Å². The van der Waals surface area contributed by atoms with Crippen molar-refractivity contribution in [1.82, 2.24) is 4.90 Å². The zero-order valence-corrected chi connectivity index (χ0v) is 15.8. The summed E-state index contributed by atoms with van der Waals surface area (Å²) in [5, 5.41) is 20.3. The van der Waals surface area contributed by atoms with Gasteiger partial charge in [0, 0.05) is 25.1 Å². The first-order chi connectivity index (χ1) is 11.8. The van der Waals surface area contributed by atoms with E-state index in [1.54, 1.807) is 6.08 Å².